The molecule has 2 aromatic rings. The van der Waals surface area contributed by atoms with Crippen LogP contribution in [0.4, 0.5) is 0 Å². The molecule has 116 valence electrons. The summed E-state index contributed by atoms with van der Waals surface area (Å²) >= 11 is 0. The lowest BCUT2D eigenvalue weighted by Crippen LogP contribution is -2.25. The lowest BCUT2D eigenvalue weighted by Gasteiger charge is -2.05. The van der Waals surface area contributed by atoms with Crippen molar-refractivity contribution in [1.82, 2.24) is 24.3 Å². The number of nitrogens with two attached hydrogens (primary N) is 1. The summed E-state index contributed by atoms with van der Waals surface area (Å²) in [5, 5.41) is 7.51. The van der Waals surface area contributed by atoms with Crippen LogP contribution in [0.15, 0.2) is 29.6 Å². The van der Waals surface area contributed by atoms with Gasteiger partial charge in [0.2, 0.25) is 10.0 Å². The minimum absolute atomic E-state index is 0.255. The molecule has 0 aliphatic carbocycles. The van der Waals surface area contributed by atoms with Gasteiger partial charge in [-0.05, 0) is 19.4 Å². The lowest BCUT2D eigenvalue weighted by molar-refractivity contribution is 0.542. The third kappa shape index (κ3) is 3.90. The van der Waals surface area contributed by atoms with Crippen LogP contribution in [-0.2, 0) is 29.7 Å². The molecule has 0 bridgehead atoms. The number of nitrogens with zero attached hydrogens (tertiary/aromatic N) is 4. The fourth-order valence-corrected chi connectivity index (χ4v) is 3.16. The molecule has 0 unspecified atom stereocenters. The van der Waals surface area contributed by atoms with Gasteiger partial charge in [-0.15, -0.1) is 5.10 Å². The summed E-state index contributed by atoms with van der Waals surface area (Å²) < 4.78 is 30.5. The molecule has 8 nitrogen and oxygen atoms in total. The smallest absolute Gasteiger partial charge is 0.242 e. The first-order chi connectivity index (χ1) is 10.1. The van der Waals surface area contributed by atoms with E-state index in [9.17, 15) is 8.42 Å². The van der Waals surface area contributed by atoms with Crippen molar-refractivity contribution < 1.29 is 8.42 Å². The summed E-state index contributed by atoms with van der Waals surface area (Å²) in [5.41, 5.74) is 6.41. The van der Waals surface area contributed by atoms with E-state index in [4.69, 9.17) is 5.73 Å². The second-order valence-corrected chi connectivity index (χ2v) is 6.34. The molecule has 0 radical (unpaired) electrons. The summed E-state index contributed by atoms with van der Waals surface area (Å²) in [6.07, 6.45) is 5.58. The Labute approximate surface area is 124 Å². The standard InChI is InChI=1S/C12H20N6O2S/c1-2-17-10-12(8-11(17)9-13)21(19,20)15-4-3-6-18-7-5-14-16-18/h5,7-8,10,15H,2-4,6,9,13H2,1H3. The fourth-order valence-electron chi connectivity index (χ4n) is 2.02. The summed E-state index contributed by atoms with van der Waals surface area (Å²) in [6, 6.07) is 1.61. The summed E-state index contributed by atoms with van der Waals surface area (Å²) in [6.45, 7) is 3.91. The number of hydrogen-bond acceptors (Lipinski definition) is 5. The largest absolute Gasteiger partial charge is 0.349 e. The molecule has 0 aliphatic heterocycles. The Morgan fingerprint density at radius 1 is 1.43 bits per heavy atom. The van der Waals surface area contributed by atoms with E-state index in [-0.39, 0.29) is 4.90 Å². The highest BCUT2D eigenvalue weighted by Gasteiger charge is 2.17. The van der Waals surface area contributed by atoms with Crippen molar-refractivity contribution in [1.29, 1.82) is 0 Å². The number of hydrogen-bond donors (Lipinski definition) is 2. The highest BCUT2D eigenvalue weighted by atomic mass is 32.2. The van der Waals surface area contributed by atoms with E-state index in [0.29, 0.717) is 32.6 Å². The van der Waals surface area contributed by atoms with E-state index in [1.54, 1.807) is 29.3 Å². The van der Waals surface area contributed by atoms with Crippen molar-refractivity contribution in [3.63, 3.8) is 0 Å². The van der Waals surface area contributed by atoms with E-state index < -0.39 is 10.0 Å². The fraction of sp³-hybridized carbons (Fsp3) is 0.500. The Bertz CT molecular complexity index is 640. The van der Waals surface area contributed by atoms with Gasteiger partial charge >= 0.3 is 0 Å². The minimum Gasteiger partial charge on any atom is -0.349 e. The van der Waals surface area contributed by atoms with Crippen molar-refractivity contribution in [2.45, 2.75) is 37.9 Å². The van der Waals surface area contributed by atoms with E-state index >= 15 is 0 Å². The Hall–Kier alpha value is -1.71. The zero-order valence-electron chi connectivity index (χ0n) is 11.9. The predicted molar refractivity (Wildman–Crippen MR) is 77.8 cm³/mol. The van der Waals surface area contributed by atoms with Gasteiger partial charge in [0.1, 0.15) is 0 Å². The third-order valence-electron chi connectivity index (χ3n) is 3.15. The van der Waals surface area contributed by atoms with Crippen LogP contribution in [0.1, 0.15) is 19.0 Å². The molecule has 0 saturated heterocycles. The highest BCUT2D eigenvalue weighted by molar-refractivity contribution is 7.89. The molecule has 2 heterocycles. The molecule has 0 fully saturated rings. The molecule has 2 aromatic heterocycles. The molecule has 3 N–H and O–H groups in total. The van der Waals surface area contributed by atoms with Gasteiger partial charge in [-0.3, -0.25) is 4.68 Å². The zero-order valence-corrected chi connectivity index (χ0v) is 12.8. The summed E-state index contributed by atoms with van der Waals surface area (Å²) in [5.74, 6) is 0. The molecule has 9 heteroatoms. The number of rotatable bonds is 8. The van der Waals surface area contributed by atoms with Crippen LogP contribution in [-0.4, -0.2) is 34.5 Å². The first-order valence-corrected chi connectivity index (χ1v) is 8.28. The maximum atomic E-state index is 12.2. The Kier molecular flexibility index (Phi) is 5.10. The van der Waals surface area contributed by atoms with Crippen LogP contribution < -0.4 is 10.5 Å². The molecule has 0 aliphatic rings. The SMILES string of the molecule is CCn1cc(S(=O)(=O)NCCCn2ccnn2)cc1CN. The van der Waals surface area contributed by atoms with E-state index in [1.165, 1.54) is 0 Å². The number of sulfonamides is 1. The van der Waals surface area contributed by atoms with Gasteiger partial charge in [0, 0.05) is 44.3 Å². The first kappa shape index (κ1) is 15.7. The normalized spacial score (nSPS) is 11.9. The van der Waals surface area contributed by atoms with Crippen molar-refractivity contribution in [2.24, 2.45) is 5.73 Å². The maximum Gasteiger partial charge on any atom is 0.242 e. The summed E-state index contributed by atoms with van der Waals surface area (Å²) in [7, 11) is -3.49. The van der Waals surface area contributed by atoms with Gasteiger partial charge < -0.3 is 10.3 Å². The third-order valence-corrected chi connectivity index (χ3v) is 4.58. The minimum atomic E-state index is -3.49. The van der Waals surface area contributed by atoms with Gasteiger partial charge in [0.25, 0.3) is 0 Å². The van der Waals surface area contributed by atoms with Crippen LogP contribution in [0.25, 0.3) is 0 Å². The Morgan fingerprint density at radius 3 is 2.81 bits per heavy atom. The van der Waals surface area contributed by atoms with Gasteiger partial charge in [-0.25, -0.2) is 13.1 Å². The van der Waals surface area contributed by atoms with Crippen molar-refractivity contribution in [2.75, 3.05) is 6.54 Å². The van der Waals surface area contributed by atoms with Gasteiger partial charge in [-0.2, -0.15) is 0 Å². The zero-order chi connectivity index (χ0) is 15.3. The predicted octanol–water partition coefficient (Wildman–Crippen LogP) is -0.0732. The van der Waals surface area contributed by atoms with Crippen LogP contribution in [0, 0.1) is 0 Å². The second-order valence-electron chi connectivity index (χ2n) is 4.57. The highest BCUT2D eigenvalue weighted by Crippen LogP contribution is 2.14. The van der Waals surface area contributed by atoms with Crippen LogP contribution in [0.3, 0.4) is 0 Å². The topological polar surface area (TPSA) is 108 Å². The maximum absolute atomic E-state index is 12.2. The van der Waals surface area contributed by atoms with E-state index in [0.717, 1.165) is 5.69 Å². The average Bonchev–Trinajstić information content (AvgIpc) is 3.12. The Morgan fingerprint density at radius 2 is 2.24 bits per heavy atom. The van der Waals surface area contributed by atoms with Crippen LogP contribution >= 0.6 is 0 Å². The first-order valence-electron chi connectivity index (χ1n) is 6.79. The van der Waals surface area contributed by atoms with Crippen LogP contribution in [0.2, 0.25) is 0 Å². The molecule has 0 spiro atoms. The molecule has 2 rings (SSSR count). The van der Waals surface area contributed by atoms with Crippen molar-refractivity contribution in [3.8, 4) is 0 Å². The number of aryl methyl sites for hydroxylation is 2. The van der Waals surface area contributed by atoms with E-state index in [2.05, 4.69) is 15.0 Å². The molecule has 21 heavy (non-hydrogen) atoms. The van der Waals surface area contributed by atoms with Crippen molar-refractivity contribution >= 4 is 10.0 Å². The molecule has 0 atom stereocenters. The average molecular weight is 312 g/mol. The lowest BCUT2D eigenvalue weighted by atomic mass is 10.4. The second kappa shape index (κ2) is 6.83. The molecule has 0 saturated carbocycles. The Balaban J connectivity index is 1.93. The van der Waals surface area contributed by atoms with Crippen molar-refractivity contribution in [3.05, 3.63) is 30.4 Å². The molecular formula is C12H20N6O2S. The molecular weight excluding hydrogens is 292 g/mol. The number of nitrogens with one attached hydrogen (secondary N) is 1. The number of aromatic nitrogens is 4. The van der Waals surface area contributed by atoms with Gasteiger partial charge in [-0.1, -0.05) is 5.21 Å². The quantitative estimate of drug-likeness (QED) is 0.663. The summed E-state index contributed by atoms with van der Waals surface area (Å²) in [4.78, 5) is 0.255. The molecule has 0 amide bonds. The monoisotopic (exact) mass is 312 g/mol. The van der Waals surface area contributed by atoms with Gasteiger partial charge in [0.05, 0.1) is 11.1 Å². The molecule has 0 aromatic carbocycles. The van der Waals surface area contributed by atoms with E-state index in [1.807, 2.05) is 11.5 Å². The van der Waals surface area contributed by atoms with Gasteiger partial charge in [0.15, 0.2) is 0 Å². The van der Waals surface area contributed by atoms with Crippen LogP contribution in [0.5, 0.6) is 0 Å².